The summed E-state index contributed by atoms with van der Waals surface area (Å²) in [5, 5.41) is 0.747. The van der Waals surface area contributed by atoms with E-state index in [1.807, 2.05) is 35.2 Å². The topological polar surface area (TPSA) is 73.5 Å². The monoisotopic (exact) mass is 415 g/mol. The van der Waals surface area contributed by atoms with Gasteiger partial charge in [0.2, 0.25) is 11.5 Å². The zero-order valence-electron chi connectivity index (χ0n) is 17.3. The van der Waals surface area contributed by atoms with Crippen LogP contribution in [0.4, 0.5) is 0 Å². The van der Waals surface area contributed by atoms with Crippen LogP contribution in [-0.4, -0.2) is 46.2 Å². The number of rotatable bonds is 2. The van der Waals surface area contributed by atoms with Crippen molar-refractivity contribution in [2.24, 2.45) is 5.92 Å². The molecule has 0 bridgehead atoms. The number of hydrogen-bond donors (Lipinski definition) is 1. The van der Waals surface area contributed by atoms with E-state index in [0.29, 0.717) is 43.6 Å². The molecule has 2 aliphatic heterocycles. The van der Waals surface area contributed by atoms with Crippen LogP contribution in [0.15, 0.2) is 59.4 Å². The van der Waals surface area contributed by atoms with E-state index >= 15 is 0 Å². The van der Waals surface area contributed by atoms with Crippen molar-refractivity contribution in [2.45, 2.75) is 25.8 Å². The summed E-state index contributed by atoms with van der Waals surface area (Å²) in [6.45, 7) is 2.49. The van der Waals surface area contributed by atoms with E-state index in [0.717, 1.165) is 18.4 Å². The summed E-state index contributed by atoms with van der Waals surface area (Å²) in [7, 11) is 0. The third-order valence-electron chi connectivity index (χ3n) is 6.55. The van der Waals surface area contributed by atoms with Crippen LogP contribution in [-0.2, 0) is 17.8 Å². The maximum Gasteiger partial charge on any atom is 0.254 e. The van der Waals surface area contributed by atoms with Gasteiger partial charge in [-0.1, -0.05) is 42.5 Å². The van der Waals surface area contributed by atoms with E-state index in [9.17, 15) is 14.4 Å². The maximum absolute atomic E-state index is 13.2. The molecule has 3 aromatic rings. The Morgan fingerprint density at radius 3 is 2.39 bits per heavy atom. The minimum atomic E-state index is -0.280. The first-order valence-corrected chi connectivity index (χ1v) is 10.9. The number of carbonyl (C=O) groups is 2. The van der Waals surface area contributed by atoms with Gasteiger partial charge in [-0.3, -0.25) is 14.4 Å². The number of aromatic nitrogens is 1. The number of piperidine rings is 1. The lowest BCUT2D eigenvalue weighted by atomic mass is 9.92. The maximum atomic E-state index is 13.2. The van der Waals surface area contributed by atoms with Gasteiger partial charge in [-0.15, -0.1) is 0 Å². The highest BCUT2D eigenvalue weighted by Crippen LogP contribution is 2.26. The number of nitrogens with zero attached hydrogens (tertiary/aromatic N) is 2. The molecule has 0 atom stereocenters. The van der Waals surface area contributed by atoms with Crippen molar-refractivity contribution in [2.75, 3.05) is 19.6 Å². The Morgan fingerprint density at radius 2 is 1.58 bits per heavy atom. The molecule has 0 radical (unpaired) electrons. The fourth-order valence-electron chi connectivity index (χ4n) is 4.82. The molecule has 0 saturated carbocycles. The Kier molecular flexibility index (Phi) is 5.06. The number of pyridine rings is 1. The van der Waals surface area contributed by atoms with Gasteiger partial charge in [0, 0.05) is 49.1 Å². The molecule has 0 aliphatic carbocycles. The Morgan fingerprint density at radius 1 is 0.871 bits per heavy atom. The average Bonchev–Trinajstić information content (AvgIpc) is 2.82. The second-order valence-corrected chi connectivity index (χ2v) is 8.44. The third kappa shape index (κ3) is 3.74. The number of hydrogen-bond acceptors (Lipinski definition) is 3. The largest absolute Gasteiger partial charge is 0.339 e. The van der Waals surface area contributed by atoms with Crippen molar-refractivity contribution in [1.29, 1.82) is 0 Å². The summed E-state index contributed by atoms with van der Waals surface area (Å²) in [6.07, 6.45) is 2.21. The van der Waals surface area contributed by atoms with E-state index in [1.54, 1.807) is 11.0 Å². The molecule has 1 N–H and O–H groups in total. The first-order chi connectivity index (χ1) is 15.1. The van der Waals surface area contributed by atoms with Crippen molar-refractivity contribution in [3.8, 4) is 0 Å². The molecule has 2 amide bonds. The van der Waals surface area contributed by atoms with Crippen LogP contribution < -0.4 is 5.56 Å². The number of fused-ring (bicyclic) bond motifs is 2. The van der Waals surface area contributed by atoms with E-state index in [4.69, 9.17) is 0 Å². The normalized spacial score (nSPS) is 16.9. The molecule has 6 nitrogen and oxygen atoms in total. The number of nitrogens with one attached hydrogen (secondary N) is 1. The van der Waals surface area contributed by atoms with Crippen LogP contribution >= 0.6 is 0 Å². The van der Waals surface area contributed by atoms with E-state index in [2.05, 4.69) is 17.1 Å². The van der Waals surface area contributed by atoms with Crippen molar-refractivity contribution < 1.29 is 9.59 Å². The second-order valence-electron chi connectivity index (χ2n) is 8.44. The van der Waals surface area contributed by atoms with Gasteiger partial charge in [0.25, 0.3) is 5.91 Å². The lowest BCUT2D eigenvalue weighted by molar-refractivity contribution is -0.137. The van der Waals surface area contributed by atoms with Gasteiger partial charge >= 0.3 is 0 Å². The zero-order chi connectivity index (χ0) is 21.4. The fourth-order valence-corrected chi connectivity index (χ4v) is 4.82. The second kappa shape index (κ2) is 8.02. The van der Waals surface area contributed by atoms with Crippen molar-refractivity contribution >= 4 is 22.7 Å². The molecule has 2 aromatic carbocycles. The van der Waals surface area contributed by atoms with Gasteiger partial charge < -0.3 is 14.8 Å². The molecule has 2 aliphatic rings. The molecule has 0 spiro atoms. The van der Waals surface area contributed by atoms with Crippen molar-refractivity contribution in [3.63, 3.8) is 0 Å². The zero-order valence-corrected chi connectivity index (χ0v) is 17.3. The number of likely N-dealkylation sites (tertiary alicyclic amines) is 1. The molecular formula is C25H25N3O3. The number of benzene rings is 2. The molecule has 1 saturated heterocycles. The number of H-pyrrole nitrogens is 1. The predicted molar refractivity (Wildman–Crippen MR) is 119 cm³/mol. The molecular weight excluding hydrogens is 390 g/mol. The predicted octanol–water partition coefficient (Wildman–Crippen LogP) is 2.97. The van der Waals surface area contributed by atoms with Gasteiger partial charge in [-0.05, 0) is 36.5 Å². The molecule has 0 unspecified atom stereocenters. The van der Waals surface area contributed by atoms with E-state index in [1.165, 1.54) is 17.2 Å². The van der Waals surface area contributed by atoms with Crippen LogP contribution in [0.1, 0.15) is 34.3 Å². The molecule has 31 heavy (non-hydrogen) atoms. The molecule has 1 fully saturated rings. The van der Waals surface area contributed by atoms with E-state index < -0.39 is 0 Å². The Labute approximate surface area is 180 Å². The van der Waals surface area contributed by atoms with Gasteiger partial charge in [-0.2, -0.15) is 0 Å². The molecule has 5 rings (SSSR count). The Balaban J connectivity index is 1.26. The number of carbonyl (C=O) groups excluding carboxylic acids is 2. The highest BCUT2D eigenvalue weighted by Gasteiger charge is 2.32. The Hall–Kier alpha value is -3.41. The standard InChI is InChI=1S/C25H25N3O3/c29-23-15-21(20-7-3-4-8-22(20)26-23)25(31)27-12-10-18(11-13-27)24(30)28-14-9-17-5-1-2-6-19(17)16-28/h1-8,15,18H,9-14,16H2,(H,26,29). The van der Waals surface area contributed by atoms with Crippen LogP contribution in [0.3, 0.4) is 0 Å². The Bertz CT molecular complexity index is 1210. The quantitative estimate of drug-likeness (QED) is 0.699. The van der Waals surface area contributed by atoms with Crippen LogP contribution in [0, 0.1) is 5.92 Å². The van der Waals surface area contributed by atoms with E-state index in [-0.39, 0.29) is 23.3 Å². The van der Waals surface area contributed by atoms with Gasteiger partial charge in [0.1, 0.15) is 0 Å². The lowest BCUT2D eigenvalue weighted by Gasteiger charge is -2.36. The van der Waals surface area contributed by atoms with Crippen LogP contribution in [0.2, 0.25) is 0 Å². The third-order valence-corrected chi connectivity index (χ3v) is 6.55. The lowest BCUT2D eigenvalue weighted by Crippen LogP contribution is -2.45. The minimum absolute atomic E-state index is 0.0507. The first kappa shape index (κ1) is 19.5. The molecule has 1 aromatic heterocycles. The summed E-state index contributed by atoms with van der Waals surface area (Å²) >= 11 is 0. The minimum Gasteiger partial charge on any atom is -0.339 e. The number of amides is 2. The number of para-hydroxylation sites is 1. The smallest absolute Gasteiger partial charge is 0.254 e. The van der Waals surface area contributed by atoms with Gasteiger partial charge in [-0.25, -0.2) is 0 Å². The number of aromatic amines is 1. The fraction of sp³-hybridized carbons (Fsp3) is 0.320. The van der Waals surface area contributed by atoms with Crippen molar-refractivity contribution in [3.05, 3.63) is 81.6 Å². The molecule has 158 valence electrons. The van der Waals surface area contributed by atoms with Gasteiger partial charge in [0.15, 0.2) is 0 Å². The molecule has 3 heterocycles. The van der Waals surface area contributed by atoms with Crippen LogP contribution in [0.25, 0.3) is 10.9 Å². The van der Waals surface area contributed by atoms with Crippen molar-refractivity contribution in [1.82, 2.24) is 14.8 Å². The first-order valence-electron chi connectivity index (χ1n) is 10.9. The van der Waals surface area contributed by atoms with Crippen LogP contribution in [0.5, 0.6) is 0 Å². The summed E-state index contributed by atoms with van der Waals surface area (Å²) in [6, 6.07) is 17.0. The summed E-state index contributed by atoms with van der Waals surface area (Å²) < 4.78 is 0. The highest BCUT2D eigenvalue weighted by atomic mass is 16.2. The van der Waals surface area contributed by atoms with Gasteiger partial charge in [0.05, 0.1) is 5.56 Å². The summed E-state index contributed by atoms with van der Waals surface area (Å²) in [5.74, 6) is 0.00791. The summed E-state index contributed by atoms with van der Waals surface area (Å²) in [5.41, 5.74) is 3.37. The molecule has 6 heteroatoms. The summed E-state index contributed by atoms with van der Waals surface area (Å²) in [4.78, 5) is 44.8. The highest BCUT2D eigenvalue weighted by molar-refractivity contribution is 6.06. The average molecular weight is 415 g/mol. The SMILES string of the molecule is O=C(c1cc(=O)[nH]c2ccccc12)N1CCC(C(=O)N2CCc3ccccc3C2)CC1.